The number of aliphatic carboxylic acids is 1. The smallest absolute Gasteiger partial charge is 0.304 e. The molecular weight excluding hydrogens is 238 g/mol. The van der Waals surface area contributed by atoms with Crippen LogP contribution in [0, 0.1) is 0 Å². The molecule has 0 aromatic carbocycles. The normalized spacial score (nSPS) is 20.7. The molecule has 0 saturated heterocycles. The van der Waals surface area contributed by atoms with Crippen LogP contribution in [0.3, 0.4) is 0 Å². The van der Waals surface area contributed by atoms with E-state index in [0.29, 0.717) is 12.6 Å². The summed E-state index contributed by atoms with van der Waals surface area (Å²) in [5.41, 5.74) is 0. The minimum atomic E-state index is -0.681. The highest BCUT2D eigenvalue weighted by molar-refractivity contribution is 5.66. The highest BCUT2D eigenvalue weighted by Gasteiger charge is 2.15. The maximum absolute atomic E-state index is 10.7. The molecule has 0 heterocycles. The van der Waals surface area contributed by atoms with Crippen molar-refractivity contribution in [1.82, 2.24) is 4.90 Å². The molecule has 0 aliphatic heterocycles. The molecule has 1 saturated carbocycles. The lowest BCUT2D eigenvalue weighted by Gasteiger charge is -2.28. The molecule has 3 nitrogen and oxygen atoms in total. The Balaban J connectivity index is 2.34. The molecule has 3 heteroatoms. The molecule has 0 spiro atoms. The third-order valence-corrected chi connectivity index (χ3v) is 4.38. The quantitative estimate of drug-likeness (QED) is 0.836. The molecular formula is C16H31NO2. The second kappa shape index (κ2) is 10.2. The second-order valence-electron chi connectivity index (χ2n) is 6.04. The molecule has 0 unspecified atom stereocenters. The lowest BCUT2D eigenvalue weighted by atomic mass is 9.97. The third kappa shape index (κ3) is 8.25. The summed E-state index contributed by atoms with van der Waals surface area (Å²) in [6.45, 7) is 0.694. The highest BCUT2D eigenvalue weighted by atomic mass is 16.4. The van der Waals surface area contributed by atoms with Gasteiger partial charge in [-0.3, -0.25) is 4.79 Å². The largest absolute Gasteiger partial charge is 0.481 e. The molecule has 1 rings (SSSR count). The fourth-order valence-corrected chi connectivity index (χ4v) is 3.04. The number of rotatable bonds is 4. The summed E-state index contributed by atoms with van der Waals surface area (Å²) < 4.78 is 0. The molecule has 1 aliphatic rings. The van der Waals surface area contributed by atoms with Crippen molar-refractivity contribution in [3.63, 3.8) is 0 Å². The zero-order valence-electron chi connectivity index (χ0n) is 12.6. The van der Waals surface area contributed by atoms with E-state index in [1.807, 2.05) is 0 Å². The van der Waals surface area contributed by atoms with Crippen LogP contribution in [0.4, 0.5) is 0 Å². The average molecular weight is 269 g/mol. The first-order valence-electron chi connectivity index (χ1n) is 8.12. The molecule has 19 heavy (non-hydrogen) atoms. The summed E-state index contributed by atoms with van der Waals surface area (Å²) in [7, 11) is 2.10. The van der Waals surface area contributed by atoms with E-state index >= 15 is 0 Å². The molecule has 0 aromatic rings. The first-order valence-corrected chi connectivity index (χ1v) is 8.12. The number of carboxylic acids is 1. The first kappa shape index (κ1) is 16.5. The van der Waals surface area contributed by atoms with Crippen molar-refractivity contribution in [1.29, 1.82) is 0 Å². The number of hydrogen-bond donors (Lipinski definition) is 1. The molecule has 1 fully saturated rings. The lowest BCUT2D eigenvalue weighted by molar-refractivity contribution is -0.137. The van der Waals surface area contributed by atoms with E-state index in [1.165, 1.54) is 70.6 Å². The van der Waals surface area contributed by atoms with Crippen LogP contribution >= 0.6 is 0 Å². The maximum Gasteiger partial charge on any atom is 0.304 e. The summed E-state index contributed by atoms with van der Waals surface area (Å²) in [6, 6.07) is 0.596. The van der Waals surface area contributed by atoms with Crippen molar-refractivity contribution in [3.8, 4) is 0 Å². The molecule has 0 amide bonds. The van der Waals surface area contributed by atoms with E-state index in [2.05, 4.69) is 11.9 Å². The van der Waals surface area contributed by atoms with E-state index in [9.17, 15) is 4.79 Å². The summed E-state index contributed by atoms with van der Waals surface area (Å²) in [5.74, 6) is -0.681. The summed E-state index contributed by atoms with van der Waals surface area (Å²) in [4.78, 5) is 12.9. The summed E-state index contributed by atoms with van der Waals surface area (Å²) in [6.07, 6.45) is 15.1. The average Bonchev–Trinajstić information content (AvgIpc) is 2.36. The Hall–Kier alpha value is -0.570. The van der Waals surface area contributed by atoms with Gasteiger partial charge in [0.1, 0.15) is 0 Å². The van der Waals surface area contributed by atoms with Crippen LogP contribution in [-0.4, -0.2) is 35.6 Å². The minimum Gasteiger partial charge on any atom is -0.481 e. The SMILES string of the molecule is CN(CCC(=O)O)C1CCCCCCCCCCC1. The Morgan fingerprint density at radius 2 is 1.37 bits per heavy atom. The van der Waals surface area contributed by atoms with Gasteiger partial charge in [0.25, 0.3) is 0 Å². The molecule has 0 atom stereocenters. The zero-order valence-corrected chi connectivity index (χ0v) is 12.6. The molecule has 0 aromatic heterocycles. The van der Waals surface area contributed by atoms with Crippen LogP contribution in [0.5, 0.6) is 0 Å². The highest BCUT2D eigenvalue weighted by Crippen LogP contribution is 2.19. The van der Waals surface area contributed by atoms with Gasteiger partial charge in [0.2, 0.25) is 0 Å². The molecule has 1 aliphatic carbocycles. The Labute approximate surface area is 118 Å². The maximum atomic E-state index is 10.7. The monoisotopic (exact) mass is 269 g/mol. The van der Waals surface area contributed by atoms with Gasteiger partial charge in [0.05, 0.1) is 6.42 Å². The van der Waals surface area contributed by atoms with Crippen LogP contribution in [0.15, 0.2) is 0 Å². The molecule has 0 bridgehead atoms. The standard InChI is InChI=1S/C16H31NO2/c1-17(14-13-16(18)19)15-11-9-7-5-3-2-4-6-8-10-12-15/h15H,2-14H2,1H3,(H,18,19). The van der Waals surface area contributed by atoms with E-state index in [1.54, 1.807) is 0 Å². The van der Waals surface area contributed by atoms with Gasteiger partial charge >= 0.3 is 5.97 Å². The summed E-state index contributed by atoms with van der Waals surface area (Å²) >= 11 is 0. The Kier molecular flexibility index (Phi) is 8.89. The first-order chi connectivity index (χ1) is 9.20. The molecule has 0 radical (unpaired) electrons. The van der Waals surface area contributed by atoms with E-state index < -0.39 is 5.97 Å². The Morgan fingerprint density at radius 3 is 1.79 bits per heavy atom. The van der Waals surface area contributed by atoms with Gasteiger partial charge < -0.3 is 10.0 Å². The van der Waals surface area contributed by atoms with Gasteiger partial charge in [0, 0.05) is 12.6 Å². The van der Waals surface area contributed by atoms with Crippen molar-refractivity contribution < 1.29 is 9.90 Å². The fraction of sp³-hybridized carbons (Fsp3) is 0.938. The van der Waals surface area contributed by atoms with Crippen LogP contribution in [-0.2, 0) is 4.79 Å². The number of carbonyl (C=O) groups is 1. The molecule has 1 N–H and O–H groups in total. The Bertz CT molecular complexity index is 231. The van der Waals surface area contributed by atoms with Gasteiger partial charge in [-0.2, -0.15) is 0 Å². The van der Waals surface area contributed by atoms with Gasteiger partial charge in [-0.25, -0.2) is 0 Å². The third-order valence-electron chi connectivity index (χ3n) is 4.38. The number of nitrogens with zero attached hydrogens (tertiary/aromatic N) is 1. The second-order valence-corrected chi connectivity index (χ2v) is 6.04. The van der Waals surface area contributed by atoms with Crippen LogP contribution in [0.1, 0.15) is 77.0 Å². The van der Waals surface area contributed by atoms with Crippen molar-refractivity contribution in [2.24, 2.45) is 0 Å². The van der Waals surface area contributed by atoms with E-state index in [0.717, 1.165) is 0 Å². The van der Waals surface area contributed by atoms with Crippen LogP contribution in [0.2, 0.25) is 0 Å². The fourth-order valence-electron chi connectivity index (χ4n) is 3.04. The van der Waals surface area contributed by atoms with Crippen molar-refractivity contribution >= 4 is 5.97 Å². The molecule has 112 valence electrons. The van der Waals surface area contributed by atoms with E-state index in [-0.39, 0.29) is 6.42 Å². The van der Waals surface area contributed by atoms with Gasteiger partial charge in [-0.1, -0.05) is 57.8 Å². The van der Waals surface area contributed by atoms with Gasteiger partial charge in [-0.15, -0.1) is 0 Å². The topological polar surface area (TPSA) is 40.5 Å². The summed E-state index contributed by atoms with van der Waals surface area (Å²) in [5, 5.41) is 8.79. The minimum absolute atomic E-state index is 0.271. The van der Waals surface area contributed by atoms with Crippen LogP contribution < -0.4 is 0 Å². The Morgan fingerprint density at radius 1 is 0.947 bits per heavy atom. The zero-order chi connectivity index (χ0) is 13.9. The predicted molar refractivity (Wildman–Crippen MR) is 79.5 cm³/mol. The number of carboxylic acid groups (broad SMARTS) is 1. The van der Waals surface area contributed by atoms with Crippen molar-refractivity contribution in [2.45, 2.75) is 83.1 Å². The van der Waals surface area contributed by atoms with Crippen molar-refractivity contribution in [2.75, 3.05) is 13.6 Å². The number of hydrogen-bond acceptors (Lipinski definition) is 2. The van der Waals surface area contributed by atoms with Crippen LogP contribution in [0.25, 0.3) is 0 Å². The lowest BCUT2D eigenvalue weighted by Crippen LogP contribution is -2.33. The predicted octanol–water partition coefficient (Wildman–Crippen LogP) is 4.07. The van der Waals surface area contributed by atoms with Crippen molar-refractivity contribution in [3.05, 3.63) is 0 Å². The van der Waals surface area contributed by atoms with Gasteiger partial charge in [0.15, 0.2) is 0 Å². The van der Waals surface area contributed by atoms with Gasteiger partial charge in [-0.05, 0) is 19.9 Å². The van der Waals surface area contributed by atoms with E-state index in [4.69, 9.17) is 5.11 Å².